The Morgan fingerprint density at radius 2 is 2.12 bits per heavy atom. The number of ether oxygens (including phenoxy) is 1. The Labute approximate surface area is 110 Å². The highest BCUT2D eigenvalue weighted by Gasteiger charge is 2.27. The van der Waals surface area contributed by atoms with Gasteiger partial charge >= 0.3 is 0 Å². The van der Waals surface area contributed by atoms with Crippen molar-refractivity contribution in [3.05, 3.63) is 29.8 Å². The summed E-state index contributed by atoms with van der Waals surface area (Å²) in [5, 5.41) is 3.70. The van der Waals surface area contributed by atoms with E-state index < -0.39 is 0 Å². The van der Waals surface area contributed by atoms with E-state index in [4.69, 9.17) is 4.74 Å². The third-order valence-corrected chi connectivity index (χ3v) is 3.55. The molecule has 0 aliphatic carbocycles. The molecule has 1 heterocycles. The van der Waals surface area contributed by atoms with Crippen molar-refractivity contribution in [1.82, 2.24) is 0 Å². The molecule has 0 aromatic heterocycles. The number of hydrogen-bond acceptors (Lipinski definition) is 2. The summed E-state index contributed by atoms with van der Waals surface area (Å²) >= 11 is 3.39. The molecule has 1 fully saturated rings. The van der Waals surface area contributed by atoms with Crippen LogP contribution in [0.4, 0.5) is 5.69 Å². The Balaban J connectivity index is 1.93. The van der Waals surface area contributed by atoms with E-state index in [-0.39, 0.29) is 18.1 Å². The van der Waals surface area contributed by atoms with Crippen LogP contribution in [-0.4, -0.2) is 18.1 Å². The van der Waals surface area contributed by atoms with E-state index in [1.807, 2.05) is 31.2 Å². The third-order valence-electron chi connectivity index (χ3n) is 2.90. The van der Waals surface area contributed by atoms with Crippen molar-refractivity contribution in [2.24, 2.45) is 0 Å². The molecule has 1 aliphatic heterocycles. The maximum atomic E-state index is 11.9. The first-order valence-electron chi connectivity index (χ1n) is 5.80. The van der Waals surface area contributed by atoms with E-state index in [0.29, 0.717) is 0 Å². The summed E-state index contributed by atoms with van der Waals surface area (Å²) < 4.78 is 5.52. The molecule has 0 radical (unpaired) electrons. The van der Waals surface area contributed by atoms with Crippen molar-refractivity contribution < 1.29 is 9.53 Å². The van der Waals surface area contributed by atoms with E-state index >= 15 is 0 Å². The summed E-state index contributed by atoms with van der Waals surface area (Å²) in [4.78, 5) is 11.9. The second kappa shape index (κ2) is 5.65. The Kier molecular flexibility index (Phi) is 4.18. The van der Waals surface area contributed by atoms with Crippen LogP contribution in [0, 0.1) is 0 Å². The Morgan fingerprint density at radius 1 is 1.41 bits per heavy atom. The molecule has 1 amide bonds. The lowest BCUT2D eigenvalue weighted by atomic mass is 10.2. The zero-order chi connectivity index (χ0) is 12.3. The van der Waals surface area contributed by atoms with Gasteiger partial charge in [-0.25, -0.2) is 0 Å². The number of carbonyl (C=O) groups is 1. The monoisotopic (exact) mass is 297 g/mol. The average molecular weight is 298 g/mol. The van der Waals surface area contributed by atoms with Crippen molar-refractivity contribution in [2.75, 3.05) is 5.32 Å². The average Bonchev–Trinajstić information content (AvgIpc) is 2.77. The zero-order valence-corrected chi connectivity index (χ0v) is 11.4. The molecule has 92 valence electrons. The minimum Gasteiger partial charge on any atom is -0.365 e. The van der Waals surface area contributed by atoms with Gasteiger partial charge in [0, 0.05) is 11.0 Å². The summed E-state index contributed by atoms with van der Waals surface area (Å²) in [6, 6.07) is 7.80. The first-order valence-corrected chi connectivity index (χ1v) is 6.92. The fraction of sp³-hybridized carbons (Fsp3) is 0.462. The number of anilines is 1. The van der Waals surface area contributed by atoms with E-state index in [2.05, 4.69) is 21.2 Å². The fourth-order valence-electron chi connectivity index (χ4n) is 1.90. The van der Waals surface area contributed by atoms with Gasteiger partial charge in [0.15, 0.2) is 0 Å². The Hall–Kier alpha value is -0.870. The molecule has 1 N–H and O–H groups in total. The number of rotatable bonds is 3. The molecule has 0 spiro atoms. The maximum absolute atomic E-state index is 11.9. The van der Waals surface area contributed by atoms with Crippen molar-refractivity contribution in [3.8, 4) is 0 Å². The first-order chi connectivity index (χ1) is 8.19. The summed E-state index contributed by atoms with van der Waals surface area (Å²) in [6.45, 7) is 2.00. The predicted octanol–water partition coefficient (Wildman–Crippen LogP) is 3.09. The van der Waals surface area contributed by atoms with Crippen LogP contribution < -0.4 is 5.32 Å². The van der Waals surface area contributed by atoms with Crippen LogP contribution in [0.5, 0.6) is 0 Å². The molecular weight excluding hydrogens is 282 g/mol. The van der Waals surface area contributed by atoms with Gasteiger partial charge in [-0.15, -0.1) is 0 Å². The number of hydrogen-bond donors (Lipinski definition) is 1. The van der Waals surface area contributed by atoms with Crippen LogP contribution in [0.3, 0.4) is 0 Å². The molecule has 1 aliphatic rings. The topological polar surface area (TPSA) is 38.3 Å². The largest absolute Gasteiger partial charge is 0.365 e. The lowest BCUT2D eigenvalue weighted by Crippen LogP contribution is -2.27. The quantitative estimate of drug-likeness (QED) is 0.871. The Bertz CT molecular complexity index is 391. The van der Waals surface area contributed by atoms with Gasteiger partial charge < -0.3 is 10.1 Å². The van der Waals surface area contributed by atoms with Gasteiger partial charge in [0.05, 0.1) is 6.10 Å². The van der Waals surface area contributed by atoms with Crippen LogP contribution in [0.2, 0.25) is 0 Å². The standard InChI is InChI=1S/C13H16BrNO2/c1-9-2-7-12(17-9)13(16)15-11-5-3-10(8-14)4-6-11/h3-6,9,12H,2,7-8H2,1H3,(H,15,16). The van der Waals surface area contributed by atoms with E-state index in [1.165, 1.54) is 5.56 Å². The molecule has 1 aromatic rings. The third kappa shape index (κ3) is 3.30. The Morgan fingerprint density at radius 3 is 2.65 bits per heavy atom. The number of nitrogens with one attached hydrogen (secondary N) is 1. The molecule has 2 rings (SSSR count). The van der Waals surface area contributed by atoms with Gasteiger partial charge in [-0.2, -0.15) is 0 Å². The van der Waals surface area contributed by atoms with Crippen LogP contribution in [0.25, 0.3) is 0 Å². The number of halogens is 1. The van der Waals surface area contributed by atoms with Gasteiger partial charge in [0.25, 0.3) is 5.91 Å². The van der Waals surface area contributed by atoms with Gasteiger partial charge in [-0.3, -0.25) is 4.79 Å². The SMILES string of the molecule is CC1CCC(C(=O)Nc2ccc(CBr)cc2)O1. The summed E-state index contributed by atoms with van der Waals surface area (Å²) in [5.41, 5.74) is 2.01. The lowest BCUT2D eigenvalue weighted by molar-refractivity contribution is -0.126. The van der Waals surface area contributed by atoms with Crippen molar-refractivity contribution in [1.29, 1.82) is 0 Å². The molecule has 0 bridgehead atoms. The van der Waals surface area contributed by atoms with Crippen molar-refractivity contribution >= 4 is 27.5 Å². The molecular formula is C13H16BrNO2. The highest BCUT2D eigenvalue weighted by atomic mass is 79.9. The minimum atomic E-state index is -0.291. The zero-order valence-electron chi connectivity index (χ0n) is 9.78. The molecule has 1 aromatic carbocycles. The van der Waals surface area contributed by atoms with Crippen LogP contribution in [0.15, 0.2) is 24.3 Å². The molecule has 2 unspecified atom stereocenters. The van der Waals surface area contributed by atoms with Crippen LogP contribution in [-0.2, 0) is 14.9 Å². The maximum Gasteiger partial charge on any atom is 0.253 e. The summed E-state index contributed by atoms with van der Waals surface area (Å²) in [7, 11) is 0. The fourth-order valence-corrected chi connectivity index (χ4v) is 2.27. The van der Waals surface area contributed by atoms with Gasteiger partial charge in [0.2, 0.25) is 0 Å². The first kappa shape index (κ1) is 12.6. The van der Waals surface area contributed by atoms with E-state index in [9.17, 15) is 4.79 Å². The van der Waals surface area contributed by atoms with Gasteiger partial charge in [0.1, 0.15) is 6.10 Å². The van der Waals surface area contributed by atoms with Gasteiger partial charge in [-0.05, 0) is 37.5 Å². The minimum absolute atomic E-state index is 0.0408. The predicted molar refractivity (Wildman–Crippen MR) is 71.3 cm³/mol. The number of carbonyl (C=O) groups excluding carboxylic acids is 1. The highest BCUT2D eigenvalue weighted by molar-refractivity contribution is 9.08. The number of alkyl halides is 1. The molecule has 2 atom stereocenters. The molecule has 4 heteroatoms. The van der Waals surface area contributed by atoms with Crippen molar-refractivity contribution in [3.63, 3.8) is 0 Å². The van der Waals surface area contributed by atoms with E-state index in [0.717, 1.165) is 23.9 Å². The second-order valence-electron chi connectivity index (χ2n) is 4.33. The highest BCUT2D eigenvalue weighted by Crippen LogP contribution is 2.20. The molecule has 17 heavy (non-hydrogen) atoms. The van der Waals surface area contributed by atoms with Crippen LogP contribution in [0.1, 0.15) is 25.3 Å². The summed E-state index contributed by atoms with van der Waals surface area (Å²) in [6.07, 6.45) is 1.68. The smallest absolute Gasteiger partial charge is 0.253 e. The van der Waals surface area contributed by atoms with Crippen LogP contribution >= 0.6 is 15.9 Å². The molecule has 0 saturated carbocycles. The normalized spacial score (nSPS) is 23.6. The lowest BCUT2D eigenvalue weighted by Gasteiger charge is -2.11. The molecule has 3 nitrogen and oxygen atoms in total. The summed E-state index contributed by atoms with van der Waals surface area (Å²) in [5.74, 6) is -0.0408. The van der Waals surface area contributed by atoms with Gasteiger partial charge in [-0.1, -0.05) is 28.1 Å². The van der Waals surface area contributed by atoms with Crippen molar-refractivity contribution in [2.45, 2.75) is 37.3 Å². The van der Waals surface area contributed by atoms with E-state index in [1.54, 1.807) is 0 Å². The molecule has 1 saturated heterocycles. The number of amides is 1. The second-order valence-corrected chi connectivity index (χ2v) is 4.89. The number of benzene rings is 1.